The standard InChI is InChI=1S/C16H14Cl3NO2/c17-11-6-8-12(9-7-11)22-10-2-5-15(21)20-16-13(18)3-1-4-14(16)19/h1,3-4,6-9H,2,5,10H2,(H,20,21). The number of amides is 1. The van der Waals surface area contributed by atoms with E-state index >= 15 is 0 Å². The predicted octanol–water partition coefficient (Wildman–Crippen LogP) is 5.44. The molecule has 2 aromatic rings. The Morgan fingerprint density at radius 2 is 1.64 bits per heavy atom. The molecule has 1 N–H and O–H groups in total. The Morgan fingerprint density at radius 1 is 1.00 bits per heavy atom. The molecule has 0 saturated carbocycles. The maximum absolute atomic E-state index is 11.9. The summed E-state index contributed by atoms with van der Waals surface area (Å²) in [7, 11) is 0. The number of rotatable bonds is 6. The number of carbonyl (C=O) groups is 1. The summed E-state index contributed by atoms with van der Waals surface area (Å²) in [6, 6.07) is 12.1. The van der Waals surface area contributed by atoms with Crippen molar-refractivity contribution in [3.63, 3.8) is 0 Å². The highest BCUT2D eigenvalue weighted by Gasteiger charge is 2.09. The Hall–Kier alpha value is -1.42. The molecule has 0 radical (unpaired) electrons. The quantitative estimate of drug-likeness (QED) is 0.698. The van der Waals surface area contributed by atoms with Crippen LogP contribution >= 0.6 is 34.8 Å². The summed E-state index contributed by atoms with van der Waals surface area (Å²) in [5.41, 5.74) is 0.439. The van der Waals surface area contributed by atoms with Crippen molar-refractivity contribution >= 4 is 46.4 Å². The van der Waals surface area contributed by atoms with Crippen molar-refractivity contribution in [2.75, 3.05) is 11.9 Å². The fourth-order valence-corrected chi connectivity index (χ4v) is 2.39. The van der Waals surface area contributed by atoms with Crippen LogP contribution in [0.2, 0.25) is 15.1 Å². The van der Waals surface area contributed by atoms with Gasteiger partial charge in [-0.1, -0.05) is 40.9 Å². The Kier molecular flexibility index (Phi) is 6.37. The SMILES string of the molecule is O=C(CCCOc1ccc(Cl)cc1)Nc1c(Cl)cccc1Cl. The van der Waals surface area contributed by atoms with Gasteiger partial charge >= 0.3 is 0 Å². The highest BCUT2D eigenvalue weighted by molar-refractivity contribution is 6.39. The highest BCUT2D eigenvalue weighted by Crippen LogP contribution is 2.29. The van der Waals surface area contributed by atoms with Crippen LogP contribution in [0.15, 0.2) is 42.5 Å². The summed E-state index contributed by atoms with van der Waals surface area (Å²) < 4.78 is 5.52. The largest absolute Gasteiger partial charge is 0.494 e. The summed E-state index contributed by atoms with van der Waals surface area (Å²) in [6.07, 6.45) is 0.895. The van der Waals surface area contributed by atoms with Gasteiger partial charge in [0, 0.05) is 11.4 Å². The van der Waals surface area contributed by atoms with E-state index in [1.807, 2.05) is 0 Å². The van der Waals surface area contributed by atoms with Crippen LogP contribution in [0.5, 0.6) is 5.75 Å². The van der Waals surface area contributed by atoms with Crippen molar-refractivity contribution in [3.05, 3.63) is 57.5 Å². The molecule has 0 saturated heterocycles. The van der Waals surface area contributed by atoms with E-state index in [-0.39, 0.29) is 5.91 Å². The second-order valence-electron chi connectivity index (χ2n) is 4.55. The van der Waals surface area contributed by atoms with Crippen molar-refractivity contribution in [2.45, 2.75) is 12.8 Å². The Bertz CT molecular complexity index is 624. The zero-order chi connectivity index (χ0) is 15.9. The van der Waals surface area contributed by atoms with Crippen LogP contribution in [0.3, 0.4) is 0 Å². The van der Waals surface area contributed by atoms with Crippen LogP contribution in [0.4, 0.5) is 5.69 Å². The lowest BCUT2D eigenvalue weighted by atomic mass is 10.2. The first-order chi connectivity index (χ1) is 10.6. The number of benzene rings is 2. The van der Waals surface area contributed by atoms with E-state index < -0.39 is 0 Å². The van der Waals surface area contributed by atoms with E-state index in [9.17, 15) is 4.79 Å². The first kappa shape index (κ1) is 16.9. The lowest BCUT2D eigenvalue weighted by molar-refractivity contribution is -0.116. The minimum atomic E-state index is -0.158. The molecule has 0 aliphatic carbocycles. The van der Waals surface area contributed by atoms with Gasteiger partial charge in [-0.25, -0.2) is 0 Å². The number of hydrogen-bond acceptors (Lipinski definition) is 2. The van der Waals surface area contributed by atoms with Gasteiger partial charge in [-0.3, -0.25) is 4.79 Å². The second-order valence-corrected chi connectivity index (χ2v) is 5.80. The normalized spacial score (nSPS) is 10.3. The van der Waals surface area contributed by atoms with Gasteiger partial charge in [-0.15, -0.1) is 0 Å². The molecule has 6 heteroatoms. The van der Waals surface area contributed by atoms with Crippen molar-refractivity contribution in [1.82, 2.24) is 0 Å². The fraction of sp³-hybridized carbons (Fsp3) is 0.188. The van der Waals surface area contributed by atoms with Gasteiger partial charge in [0.05, 0.1) is 22.3 Å². The number of carbonyl (C=O) groups excluding carboxylic acids is 1. The minimum Gasteiger partial charge on any atom is -0.494 e. The summed E-state index contributed by atoms with van der Waals surface area (Å²) in [6.45, 7) is 0.436. The zero-order valence-corrected chi connectivity index (χ0v) is 13.9. The van der Waals surface area contributed by atoms with Gasteiger partial charge in [0.15, 0.2) is 0 Å². The molecule has 1 amide bonds. The molecular formula is C16H14Cl3NO2. The topological polar surface area (TPSA) is 38.3 Å². The van der Waals surface area contributed by atoms with Crippen LogP contribution < -0.4 is 10.1 Å². The molecule has 0 heterocycles. The lowest BCUT2D eigenvalue weighted by Crippen LogP contribution is -2.13. The molecule has 0 aliphatic heterocycles. The molecule has 0 aromatic heterocycles. The Labute approximate surface area is 144 Å². The van der Waals surface area contributed by atoms with Crippen molar-refractivity contribution in [3.8, 4) is 5.75 Å². The molecule has 0 unspecified atom stereocenters. The Balaban J connectivity index is 1.75. The first-order valence-corrected chi connectivity index (χ1v) is 7.82. The van der Waals surface area contributed by atoms with Gasteiger partial charge in [0.25, 0.3) is 0 Å². The van der Waals surface area contributed by atoms with Crippen molar-refractivity contribution in [2.24, 2.45) is 0 Å². The van der Waals surface area contributed by atoms with Gasteiger partial charge in [-0.05, 0) is 42.8 Å². The molecule has 3 nitrogen and oxygen atoms in total. The molecule has 0 aliphatic rings. The zero-order valence-electron chi connectivity index (χ0n) is 11.6. The summed E-state index contributed by atoms with van der Waals surface area (Å²) in [5.74, 6) is 0.564. The molecule has 116 valence electrons. The van der Waals surface area contributed by atoms with E-state index in [1.54, 1.807) is 42.5 Å². The molecule has 0 spiro atoms. The van der Waals surface area contributed by atoms with Crippen molar-refractivity contribution < 1.29 is 9.53 Å². The Morgan fingerprint density at radius 3 is 2.27 bits per heavy atom. The minimum absolute atomic E-state index is 0.158. The lowest BCUT2D eigenvalue weighted by Gasteiger charge is -2.09. The van der Waals surface area contributed by atoms with E-state index in [2.05, 4.69) is 5.32 Å². The molecular weight excluding hydrogens is 345 g/mol. The molecule has 2 aromatic carbocycles. The summed E-state index contributed by atoms with van der Waals surface area (Å²) >= 11 is 17.8. The number of para-hydroxylation sites is 1. The summed E-state index contributed by atoms with van der Waals surface area (Å²) in [4.78, 5) is 11.9. The number of halogens is 3. The molecule has 0 atom stereocenters. The number of nitrogens with one attached hydrogen (secondary N) is 1. The predicted molar refractivity (Wildman–Crippen MR) is 91.3 cm³/mol. The average Bonchev–Trinajstić information content (AvgIpc) is 2.49. The smallest absolute Gasteiger partial charge is 0.224 e. The molecule has 0 fully saturated rings. The monoisotopic (exact) mass is 357 g/mol. The van der Waals surface area contributed by atoms with E-state index in [0.29, 0.717) is 40.2 Å². The number of hydrogen-bond donors (Lipinski definition) is 1. The molecule has 22 heavy (non-hydrogen) atoms. The van der Waals surface area contributed by atoms with Crippen LogP contribution in [-0.2, 0) is 4.79 Å². The number of ether oxygens (including phenoxy) is 1. The van der Waals surface area contributed by atoms with Crippen LogP contribution in [0.1, 0.15) is 12.8 Å². The number of anilines is 1. The van der Waals surface area contributed by atoms with Gasteiger partial charge in [0.1, 0.15) is 5.75 Å². The van der Waals surface area contributed by atoms with Crippen LogP contribution in [-0.4, -0.2) is 12.5 Å². The van der Waals surface area contributed by atoms with E-state index in [1.165, 1.54) is 0 Å². The highest BCUT2D eigenvalue weighted by atomic mass is 35.5. The van der Waals surface area contributed by atoms with Gasteiger partial charge in [-0.2, -0.15) is 0 Å². The van der Waals surface area contributed by atoms with Gasteiger partial charge in [0.2, 0.25) is 5.91 Å². The molecule has 2 rings (SSSR count). The maximum Gasteiger partial charge on any atom is 0.224 e. The molecule has 0 bridgehead atoms. The third-order valence-corrected chi connectivity index (χ3v) is 3.74. The van der Waals surface area contributed by atoms with Gasteiger partial charge < -0.3 is 10.1 Å². The van der Waals surface area contributed by atoms with Crippen LogP contribution in [0, 0.1) is 0 Å². The fourth-order valence-electron chi connectivity index (χ4n) is 1.77. The van der Waals surface area contributed by atoms with E-state index in [0.717, 1.165) is 5.75 Å². The maximum atomic E-state index is 11.9. The third kappa shape index (κ3) is 5.09. The first-order valence-electron chi connectivity index (χ1n) is 6.68. The third-order valence-electron chi connectivity index (χ3n) is 2.86. The van der Waals surface area contributed by atoms with E-state index in [4.69, 9.17) is 39.5 Å². The van der Waals surface area contributed by atoms with Crippen LogP contribution in [0.25, 0.3) is 0 Å². The summed E-state index contributed by atoms with van der Waals surface area (Å²) in [5, 5.41) is 4.19. The average molecular weight is 359 g/mol. The van der Waals surface area contributed by atoms with Crippen molar-refractivity contribution in [1.29, 1.82) is 0 Å². The second kappa shape index (κ2) is 8.28.